The molecule has 0 N–H and O–H groups in total. The van der Waals surface area contributed by atoms with Gasteiger partial charge in [0.15, 0.2) is 0 Å². The molecule has 0 heterocycles. The van der Waals surface area contributed by atoms with Crippen molar-refractivity contribution < 1.29 is 197 Å². The molecule has 0 saturated heterocycles. The van der Waals surface area contributed by atoms with Gasteiger partial charge in [0.25, 0.3) is 0 Å². The Kier molecular flexibility index (Phi) is 391. The Morgan fingerprint density at radius 3 is 0.875 bits per heavy atom. The molecule has 0 aromatic heterocycles. The molecule has 38 valence electrons. The van der Waals surface area contributed by atoms with Gasteiger partial charge in [-0.15, -0.1) is 0 Å². The molecular weight excluding hydrogens is 931 g/mol. The first-order chi connectivity index (χ1) is 0. The van der Waals surface area contributed by atoms with E-state index in [2.05, 4.69) is 0 Å². The Balaban J connectivity index is 0. The monoisotopic (exact) mass is 933 g/mol. The van der Waals surface area contributed by atoms with Crippen LogP contribution in [0.1, 0.15) is 0 Å². The molecule has 0 saturated carbocycles. The van der Waals surface area contributed by atoms with E-state index in [0.29, 0.717) is 0 Å². The van der Waals surface area contributed by atoms with Gasteiger partial charge in [-0.05, 0) is 0 Å². The molecule has 0 aliphatic heterocycles. The summed E-state index contributed by atoms with van der Waals surface area (Å²) in [6.45, 7) is 0. The van der Waals surface area contributed by atoms with Crippen molar-refractivity contribution in [3.8, 4) is 0 Å². The summed E-state index contributed by atoms with van der Waals surface area (Å²) in [5.41, 5.74) is 0. The van der Waals surface area contributed by atoms with Gasteiger partial charge >= 0.3 is 0 Å². The zero-order valence-electron chi connectivity index (χ0n) is 3.77. The first-order valence-corrected chi connectivity index (χ1v) is 0. The third kappa shape index (κ3) is 39.1. The van der Waals surface area contributed by atoms with Crippen LogP contribution >= 0.6 is 0 Å². The zero-order valence-corrected chi connectivity index (χ0v) is 24.2. The summed E-state index contributed by atoms with van der Waals surface area (Å²) in [5, 5.41) is 0. The average Bonchev–Trinajstić information content (AvgIpc) is 0. The normalized spacial score (nSPS) is 0. The molecule has 0 aromatic rings. The summed E-state index contributed by atoms with van der Waals surface area (Å²) < 4.78 is 0. The van der Waals surface area contributed by atoms with Crippen molar-refractivity contribution in [2.24, 2.45) is 0 Å². The third-order valence-electron chi connectivity index (χ3n) is 0. The maximum Gasteiger partial charge on any atom is 0 e. The summed E-state index contributed by atoms with van der Waals surface area (Å²) in [7, 11) is 0. The SMILES string of the molecule is [Cr].[La].[La].[Mo].[Nb].[Ta].[Ti].[W]. The molecule has 8 heavy (non-hydrogen) atoms. The topological polar surface area (TPSA) is 0 Å². The van der Waals surface area contributed by atoms with Crippen molar-refractivity contribution in [3.05, 3.63) is 0 Å². The second-order valence-electron chi connectivity index (χ2n) is 0. The molecule has 0 aliphatic rings. The van der Waals surface area contributed by atoms with E-state index in [4.69, 9.17) is 0 Å². The number of hydrogen-bond acceptors (Lipinski definition) is 0. The van der Waals surface area contributed by atoms with Crippen molar-refractivity contribution >= 4 is 0 Å². The van der Waals surface area contributed by atoms with Crippen molar-refractivity contribution in [3.63, 3.8) is 0 Å². The fourth-order valence-electron chi connectivity index (χ4n) is 0. The van der Waals surface area contributed by atoms with E-state index >= 15 is 0 Å². The van der Waals surface area contributed by atoms with E-state index in [0.717, 1.165) is 0 Å². The Labute approximate surface area is 191 Å². The molecule has 0 atom stereocenters. The molecule has 0 fully saturated rings. The maximum absolute atomic E-state index is 0. The first-order valence-electron chi connectivity index (χ1n) is 0. The van der Waals surface area contributed by atoms with Crippen LogP contribution in [0.3, 0.4) is 0 Å². The summed E-state index contributed by atoms with van der Waals surface area (Å²) in [5.74, 6) is 0. The van der Waals surface area contributed by atoms with Gasteiger partial charge < -0.3 is 0 Å². The predicted molar refractivity (Wildman–Crippen MR) is 0 cm³/mol. The molecule has 0 amide bonds. The number of rotatable bonds is 0. The van der Waals surface area contributed by atoms with Crippen LogP contribution in [0.15, 0.2) is 0 Å². The van der Waals surface area contributed by atoms with Crippen molar-refractivity contribution in [1.29, 1.82) is 0 Å². The molecule has 8 heteroatoms. The van der Waals surface area contributed by atoms with Crippen LogP contribution in [-0.4, -0.2) is 0 Å². The van der Waals surface area contributed by atoms with Crippen molar-refractivity contribution in [2.45, 2.75) is 0 Å². The maximum atomic E-state index is 0. The minimum absolute atomic E-state index is 0. The van der Waals surface area contributed by atoms with Crippen LogP contribution in [0.2, 0.25) is 0 Å². The van der Waals surface area contributed by atoms with E-state index in [1.165, 1.54) is 0 Å². The predicted octanol–water partition coefficient (Wildman–Crippen LogP) is -0.0150. The quantitative estimate of drug-likeness (QED) is 0.301. The minimum atomic E-state index is 0. The van der Waals surface area contributed by atoms with Crippen LogP contribution in [0, 0.1) is 71.2 Å². The molecular formula is CrLa2MoNbTaTiW. The average molecular weight is 931 g/mol. The van der Waals surface area contributed by atoms with Gasteiger partial charge in [-0.2, -0.15) is 0 Å². The van der Waals surface area contributed by atoms with E-state index in [9.17, 15) is 0 Å². The van der Waals surface area contributed by atoms with Gasteiger partial charge in [-0.1, -0.05) is 0 Å². The van der Waals surface area contributed by atoms with Crippen LogP contribution in [0.4, 0.5) is 0 Å². The van der Waals surface area contributed by atoms with Crippen LogP contribution in [0.5, 0.6) is 0 Å². The Morgan fingerprint density at radius 1 is 0.875 bits per heavy atom. The third-order valence-corrected chi connectivity index (χ3v) is 0. The Hall–Kier alpha value is 6.49. The second kappa shape index (κ2) is 49.9. The number of hydrogen-bond donors (Lipinski definition) is 0. The summed E-state index contributed by atoms with van der Waals surface area (Å²) in [4.78, 5) is 0. The van der Waals surface area contributed by atoms with Crippen LogP contribution in [-0.2, 0) is 126 Å². The van der Waals surface area contributed by atoms with E-state index in [1.54, 1.807) is 0 Å². The molecule has 0 nitrogen and oxygen atoms in total. The molecule has 4 radical (unpaired) electrons. The zero-order chi connectivity index (χ0) is 0. The van der Waals surface area contributed by atoms with Crippen molar-refractivity contribution in [2.75, 3.05) is 0 Å². The van der Waals surface area contributed by atoms with Gasteiger partial charge in [-0.3, -0.25) is 0 Å². The second-order valence-corrected chi connectivity index (χ2v) is 0. The molecule has 0 rings (SSSR count). The minimum Gasteiger partial charge on any atom is 0 e. The molecule has 0 aliphatic carbocycles. The summed E-state index contributed by atoms with van der Waals surface area (Å²) in [6, 6.07) is 0. The largest absolute Gasteiger partial charge is 0 e. The first kappa shape index (κ1) is 62.6. The van der Waals surface area contributed by atoms with E-state index in [-0.39, 0.29) is 197 Å². The smallest absolute Gasteiger partial charge is 0 e. The van der Waals surface area contributed by atoms with E-state index in [1.807, 2.05) is 0 Å². The van der Waals surface area contributed by atoms with Crippen LogP contribution < -0.4 is 0 Å². The molecule has 0 spiro atoms. The van der Waals surface area contributed by atoms with Gasteiger partial charge in [0.05, 0.1) is 0 Å². The molecule has 0 bridgehead atoms. The Morgan fingerprint density at radius 2 is 0.875 bits per heavy atom. The van der Waals surface area contributed by atoms with Gasteiger partial charge in [0.1, 0.15) is 0 Å². The summed E-state index contributed by atoms with van der Waals surface area (Å²) >= 11 is 0. The Bertz CT molecular complexity index is 22.0. The molecule has 0 unspecified atom stereocenters. The van der Waals surface area contributed by atoms with Gasteiger partial charge in [0.2, 0.25) is 0 Å². The van der Waals surface area contributed by atoms with E-state index < -0.39 is 0 Å². The summed E-state index contributed by atoms with van der Waals surface area (Å²) in [6.07, 6.45) is 0. The van der Waals surface area contributed by atoms with Crippen LogP contribution in [0.25, 0.3) is 0 Å². The fourth-order valence-corrected chi connectivity index (χ4v) is 0. The van der Waals surface area contributed by atoms with Gasteiger partial charge in [-0.25, -0.2) is 0 Å². The van der Waals surface area contributed by atoms with Crippen molar-refractivity contribution in [1.82, 2.24) is 0 Å². The fraction of sp³-hybridized carbons (Fsp3) is 0. The standard InChI is InChI=1S/Cr.2La.Mo.Nb.Ta.Ti.W. The van der Waals surface area contributed by atoms with Gasteiger partial charge in [0, 0.05) is 197 Å². The molecule has 0 aromatic carbocycles.